The number of nitrogens with one attached hydrogen (secondary N) is 1. The number of amides is 4. The van der Waals surface area contributed by atoms with Crippen LogP contribution < -0.4 is 10.2 Å². The van der Waals surface area contributed by atoms with Crippen molar-refractivity contribution < 1.29 is 14.4 Å². The van der Waals surface area contributed by atoms with Crippen molar-refractivity contribution in [2.24, 2.45) is 0 Å². The maximum atomic E-state index is 12.8. The molecular weight excluding hydrogens is 354 g/mol. The van der Waals surface area contributed by atoms with E-state index in [1.807, 2.05) is 43.3 Å². The summed E-state index contributed by atoms with van der Waals surface area (Å²) in [6.45, 7) is 7.51. The predicted octanol–water partition coefficient (Wildman–Crippen LogP) is 3.91. The van der Waals surface area contributed by atoms with Gasteiger partial charge < -0.3 is 5.32 Å². The van der Waals surface area contributed by atoms with Crippen molar-refractivity contribution in [3.8, 4) is 0 Å². The molecule has 2 aromatic rings. The summed E-state index contributed by atoms with van der Waals surface area (Å²) in [4.78, 5) is 40.2. The summed E-state index contributed by atoms with van der Waals surface area (Å²) in [7, 11) is 0. The molecule has 1 atom stereocenters. The molecule has 1 saturated heterocycles. The first-order valence-electron chi connectivity index (χ1n) is 9.39. The number of hydrogen-bond acceptors (Lipinski definition) is 3. The normalized spacial score (nSPS) is 16.8. The van der Waals surface area contributed by atoms with Crippen LogP contribution >= 0.6 is 0 Å². The van der Waals surface area contributed by atoms with Gasteiger partial charge in [0.2, 0.25) is 5.91 Å². The van der Waals surface area contributed by atoms with E-state index in [4.69, 9.17) is 0 Å². The number of nitrogens with zero attached hydrogens (tertiary/aromatic N) is 2. The van der Waals surface area contributed by atoms with Crippen molar-refractivity contribution in [2.75, 3.05) is 16.8 Å². The van der Waals surface area contributed by atoms with Gasteiger partial charge in [-0.15, -0.1) is 0 Å². The molecule has 1 N–H and O–H groups in total. The molecule has 0 radical (unpaired) electrons. The van der Waals surface area contributed by atoms with Crippen molar-refractivity contribution in [1.29, 1.82) is 0 Å². The second-order valence-electron chi connectivity index (χ2n) is 7.41. The molecule has 2 aromatic carbocycles. The number of imide groups is 1. The first kappa shape index (κ1) is 19.6. The molecule has 1 unspecified atom stereocenters. The summed E-state index contributed by atoms with van der Waals surface area (Å²) < 4.78 is 0. The van der Waals surface area contributed by atoms with Crippen molar-refractivity contribution in [1.82, 2.24) is 4.90 Å². The molecule has 0 spiro atoms. The third-order valence-electron chi connectivity index (χ3n) is 4.92. The smallest absolute Gasteiger partial charge is 0.325 e. The first-order valence-corrected chi connectivity index (χ1v) is 9.39. The quantitative estimate of drug-likeness (QED) is 0.801. The van der Waals surface area contributed by atoms with Gasteiger partial charge in [-0.2, -0.15) is 0 Å². The summed E-state index contributed by atoms with van der Waals surface area (Å²) in [5, 5.41) is 2.75. The minimum Gasteiger partial charge on any atom is -0.325 e. The van der Waals surface area contributed by atoms with E-state index in [1.54, 1.807) is 19.1 Å². The summed E-state index contributed by atoms with van der Waals surface area (Å²) in [5.74, 6) is -0.383. The van der Waals surface area contributed by atoms with Gasteiger partial charge in [0.25, 0.3) is 5.91 Å². The van der Waals surface area contributed by atoms with Crippen molar-refractivity contribution >= 4 is 29.2 Å². The van der Waals surface area contributed by atoms with Gasteiger partial charge in [-0.05, 0) is 49.6 Å². The molecule has 28 heavy (non-hydrogen) atoms. The van der Waals surface area contributed by atoms with E-state index in [1.165, 1.54) is 10.5 Å². The second kappa shape index (κ2) is 7.84. The molecule has 4 amide bonds. The summed E-state index contributed by atoms with van der Waals surface area (Å²) in [6.07, 6.45) is 0. The van der Waals surface area contributed by atoms with Crippen molar-refractivity contribution in [3.63, 3.8) is 0 Å². The lowest BCUT2D eigenvalue weighted by Gasteiger charge is -2.19. The van der Waals surface area contributed by atoms with Crippen molar-refractivity contribution in [2.45, 2.75) is 39.7 Å². The minimum absolute atomic E-state index is 0.309. The minimum atomic E-state index is -0.645. The van der Waals surface area contributed by atoms with Crippen LogP contribution in [-0.2, 0) is 9.59 Å². The number of aryl methyl sites for hydroxylation is 1. The summed E-state index contributed by atoms with van der Waals surface area (Å²) in [5.41, 5.74) is 3.51. The van der Waals surface area contributed by atoms with E-state index in [-0.39, 0.29) is 12.5 Å². The number of anilines is 2. The Balaban J connectivity index is 1.69. The van der Waals surface area contributed by atoms with Gasteiger partial charge >= 0.3 is 6.03 Å². The van der Waals surface area contributed by atoms with Gasteiger partial charge in [-0.3, -0.25) is 19.4 Å². The average Bonchev–Trinajstić information content (AvgIpc) is 2.86. The zero-order valence-electron chi connectivity index (χ0n) is 16.6. The summed E-state index contributed by atoms with van der Waals surface area (Å²) in [6, 6.07) is 13.8. The predicted molar refractivity (Wildman–Crippen MR) is 109 cm³/mol. The molecule has 0 aliphatic carbocycles. The fourth-order valence-electron chi connectivity index (χ4n) is 3.21. The van der Waals surface area contributed by atoms with Gasteiger partial charge in [0.05, 0.1) is 0 Å². The Labute approximate surface area is 165 Å². The Morgan fingerprint density at radius 3 is 2.21 bits per heavy atom. The van der Waals surface area contributed by atoms with E-state index < -0.39 is 18.0 Å². The molecule has 6 nitrogen and oxygen atoms in total. The van der Waals surface area contributed by atoms with E-state index in [0.717, 1.165) is 10.5 Å². The molecule has 0 aromatic heterocycles. The zero-order chi connectivity index (χ0) is 20.4. The highest BCUT2D eigenvalue weighted by Gasteiger charge is 2.44. The monoisotopic (exact) mass is 379 g/mol. The molecule has 1 aliphatic heterocycles. The Bertz CT molecular complexity index is 888. The van der Waals surface area contributed by atoms with Crippen LogP contribution in [0.15, 0.2) is 48.5 Å². The molecule has 1 heterocycles. The van der Waals surface area contributed by atoms with Crippen LogP contribution in [0.25, 0.3) is 0 Å². The molecule has 146 valence electrons. The van der Waals surface area contributed by atoms with Gasteiger partial charge in [-0.1, -0.05) is 43.7 Å². The lowest BCUT2D eigenvalue weighted by atomic mass is 10.0. The van der Waals surface area contributed by atoms with Crippen LogP contribution in [0.4, 0.5) is 16.2 Å². The Morgan fingerprint density at radius 1 is 1.04 bits per heavy atom. The van der Waals surface area contributed by atoms with E-state index in [9.17, 15) is 14.4 Å². The van der Waals surface area contributed by atoms with Crippen LogP contribution in [0.2, 0.25) is 0 Å². The number of hydrogen-bond donors (Lipinski definition) is 1. The van der Waals surface area contributed by atoms with Crippen LogP contribution in [-0.4, -0.2) is 35.3 Å². The van der Waals surface area contributed by atoms with Gasteiger partial charge in [0, 0.05) is 11.4 Å². The highest BCUT2D eigenvalue weighted by Crippen LogP contribution is 2.26. The first-order chi connectivity index (χ1) is 13.3. The number of benzene rings is 2. The molecule has 0 bridgehead atoms. The molecule has 6 heteroatoms. The van der Waals surface area contributed by atoms with Gasteiger partial charge in [-0.25, -0.2) is 4.79 Å². The van der Waals surface area contributed by atoms with E-state index in [0.29, 0.717) is 17.3 Å². The van der Waals surface area contributed by atoms with Crippen LogP contribution in [0.1, 0.15) is 37.8 Å². The lowest BCUT2D eigenvalue weighted by Crippen LogP contribution is -2.39. The van der Waals surface area contributed by atoms with Crippen molar-refractivity contribution in [3.05, 3.63) is 59.7 Å². The highest BCUT2D eigenvalue weighted by atomic mass is 16.2. The average molecular weight is 379 g/mol. The fraction of sp³-hybridized carbons (Fsp3) is 0.318. The van der Waals surface area contributed by atoms with Crippen LogP contribution in [0.3, 0.4) is 0 Å². The molecule has 1 aliphatic rings. The van der Waals surface area contributed by atoms with E-state index >= 15 is 0 Å². The third kappa shape index (κ3) is 3.91. The number of carbonyl (C=O) groups excluding carboxylic acids is 3. The van der Waals surface area contributed by atoms with Crippen LogP contribution in [0, 0.1) is 6.92 Å². The second-order valence-corrected chi connectivity index (χ2v) is 7.41. The van der Waals surface area contributed by atoms with Crippen LogP contribution in [0.5, 0.6) is 0 Å². The lowest BCUT2D eigenvalue weighted by molar-refractivity contribution is -0.130. The zero-order valence-corrected chi connectivity index (χ0v) is 16.6. The topological polar surface area (TPSA) is 69.7 Å². The molecular formula is C22H25N3O3. The van der Waals surface area contributed by atoms with Gasteiger partial charge in [0.1, 0.15) is 12.6 Å². The maximum Gasteiger partial charge on any atom is 0.332 e. The number of carbonyl (C=O) groups is 3. The number of urea groups is 1. The highest BCUT2D eigenvalue weighted by molar-refractivity contribution is 6.16. The largest absolute Gasteiger partial charge is 0.332 e. The maximum absolute atomic E-state index is 12.8. The standard InChI is InChI=1S/C22H25N3O3/c1-14(2)17-7-9-18(10-8-17)23-20(26)13-24-21(27)16(4)25(22(24)28)19-11-5-15(3)6-12-19/h5-12,14,16H,13H2,1-4H3,(H,23,26). The molecule has 3 rings (SSSR count). The Morgan fingerprint density at radius 2 is 1.64 bits per heavy atom. The Hall–Kier alpha value is -3.15. The molecule has 1 fully saturated rings. The third-order valence-corrected chi connectivity index (χ3v) is 4.92. The SMILES string of the molecule is Cc1ccc(N2C(=O)N(CC(=O)Nc3ccc(C(C)C)cc3)C(=O)C2C)cc1. The molecule has 0 saturated carbocycles. The number of rotatable bonds is 5. The van der Waals surface area contributed by atoms with Gasteiger partial charge in [0.15, 0.2) is 0 Å². The summed E-state index contributed by atoms with van der Waals surface area (Å²) >= 11 is 0. The fourth-order valence-corrected chi connectivity index (χ4v) is 3.21. The van der Waals surface area contributed by atoms with E-state index in [2.05, 4.69) is 19.2 Å². The Kier molecular flexibility index (Phi) is 5.49.